The van der Waals surface area contributed by atoms with Crippen LogP contribution in [0.15, 0.2) is 18.5 Å². The van der Waals surface area contributed by atoms with Crippen molar-refractivity contribution in [1.29, 1.82) is 0 Å². The SMILES string of the molecule is CNc1nc(Oc2cncc(Cl)c2)nc(OC(C)C)n1. The number of rotatable bonds is 5. The lowest BCUT2D eigenvalue weighted by atomic mass is 10.5. The molecule has 1 N–H and O–H groups in total. The molecule has 106 valence electrons. The summed E-state index contributed by atoms with van der Waals surface area (Å²) in [5.41, 5.74) is 0. The molecular formula is C12H14ClN5O2. The topological polar surface area (TPSA) is 82.1 Å². The number of pyridine rings is 1. The first-order chi connectivity index (χ1) is 9.56. The molecular weight excluding hydrogens is 282 g/mol. The average molecular weight is 296 g/mol. The highest BCUT2D eigenvalue weighted by Gasteiger charge is 2.10. The van der Waals surface area contributed by atoms with Crippen molar-refractivity contribution in [1.82, 2.24) is 19.9 Å². The minimum Gasteiger partial charge on any atom is -0.461 e. The number of nitrogens with one attached hydrogen (secondary N) is 1. The predicted molar refractivity (Wildman–Crippen MR) is 74.5 cm³/mol. The molecule has 0 bridgehead atoms. The third-order valence-electron chi connectivity index (χ3n) is 2.05. The van der Waals surface area contributed by atoms with E-state index in [0.29, 0.717) is 16.7 Å². The number of nitrogens with zero attached hydrogens (tertiary/aromatic N) is 4. The Morgan fingerprint density at radius 1 is 1.15 bits per heavy atom. The van der Waals surface area contributed by atoms with Crippen LogP contribution in [0.25, 0.3) is 0 Å². The molecule has 0 radical (unpaired) electrons. The standard InChI is InChI=1S/C12H14ClN5O2/c1-7(2)19-11-16-10(14-3)17-12(18-11)20-9-4-8(13)5-15-6-9/h4-7H,1-3H3,(H,14,16,17,18). The van der Waals surface area contributed by atoms with Crippen LogP contribution in [0, 0.1) is 0 Å². The fourth-order valence-corrected chi connectivity index (χ4v) is 1.48. The zero-order valence-electron chi connectivity index (χ0n) is 11.3. The number of anilines is 1. The summed E-state index contributed by atoms with van der Waals surface area (Å²) in [5, 5.41) is 3.28. The Kier molecular flexibility index (Phi) is 4.52. The fraction of sp³-hybridized carbons (Fsp3) is 0.333. The molecule has 2 aromatic rings. The van der Waals surface area contributed by atoms with Crippen LogP contribution in [0.2, 0.25) is 5.02 Å². The van der Waals surface area contributed by atoms with Gasteiger partial charge in [-0.15, -0.1) is 4.98 Å². The second-order valence-electron chi connectivity index (χ2n) is 4.08. The molecule has 0 saturated carbocycles. The average Bonchev–Trinajstić information content (AvgIpc) is 2.37. The van der Waals surface area contributed by atoms with Crippen LogP contribution in [-0.4, -0.2) is 33.1 Å². The molecule has 0 spiro atoms. The highest BCUT2D eigenvalue weighted by atomic mass is 35.5. The molecule has 0 aliphatic rings. The Labute approximate surface area is 121 Å². The zero-order chi connectivity index (χ0) is 14.5. The van der Waals surface area contributed by atoms with Gasteiger partial charge in [-0.3, -0.25) is 4.98 Å². The van der Waals surface area contributed by atoms with E-state index in [1.807, 2.05) is 13.8 Å². The van der Waals surface area contributed by atoms with Crippen molar-refractivity contribution in [2.75, 3.05) is 12.4 Å². The monoisotopic (exact) mass is 295 g/mol. The van der Waals surface area contributed by atoms with Gasteiger partial charge in [0.05, 0.1) is 17.3 Å². The summed E-state index contributed by atoms with van der Waals surface area (Å²) in [4.78, 5) is 16.1. The molecule has 0 fully saturated rings. The first-order valence-corrected chi connectivity index (χ1v) is 6.33. The van der Waals surface area contributed by atoms with Crippen LogP contribution in [0.3, 0.4) is 0 Å². The van der Waals surface area contributed by atoms with E-state index in [-0.39, 0.29) is 18.1 Å². The van der Waals surface area contributed by atoms with Crippen LogP contribution in [0.4, 0.5) is 5.95 Å². The van der Waals surface area contributed by atoms with Crippen molar-refractivity contribution < 1.29 is 9.47 Å². The maximum absolute atomic E-state index is 5.84. The maximum Gasteiger partial charge on any atom is 0.330 e. The van der Waals surface area contributed by atoms with E-state index in [2.05, 4.69) is 25.3 Å². The zero-order valence-corrected chi connectivity index (χ0v) is 12.0. The van der Waals surface area contributed by atoms with E-state index in [1.165, 1.54) is 12.4 Å². The number of hydrogen-bond donors (Lipinski definition) is 1. The van der Waals surface area contributed by atoms with Gasteiger partial charge in [-0.2, -0.15) is 9.97 Å². The van der Waals surface area contributed by atoms with Crippen molar-refractivity contribution in [3.63, 3.8) is 0 Å². The molecule has 2 rings (SSSR count). The minimum atomic E-state index is -0.0530. The molecule has 7 nitrogen and oxygen atoms in total. The fourth-order valence-electron chi connectivity index (χ4n) is 1.31. The Balaban J connectivity index is 2.26. The Bertz CT molecular complexity index is 594. The lowest BCUT2D eigenvalue weighted by Gasteiger charge is -2.10. The highest BCUT2D eigenvalue weighted by molar-refractivity contribution is 6.30. The Hall–Kier alpha value is -2.15. The molecule has 8 heteroatoms. The summed E-state index contributed by atoms with van der Waals surface area (Å²) in [6, 6.07) is 1.90. The van der Waals surface area contributed by atoms with Gasteiger partial charge in [-0.1, -0.05) is 11.6 Å². The van der Waals surface area contributed by atoms with Crippen molar-refractivity contribution >= 4 is 17.5 Å². The number of hydrogen-bond acceptors (Lipinski definition) is 7. The molecule has 0 saturated heterocycles. The molecule has 0 aliphatic heterocycles. The van der Waals surface area contributed by atoms with Crippen molar-refractivity contribution in [3.8, 4) is 17.8 Å². The van der Waals surface area contributed by atoms with Gasteiger partial charge in [-0.25, -0.2) is 0 Å². The van der Waals surface area contributed by atoms with Gasteiger partial charge in [-0.05, 0) is 13.8 Å². The van der Waals surface area contributed by atoms with Gasteiger partial charge in [0.15, 0.2) is 5.75 Å². The van der Waals surface area contributed by atoms with Crippen molar-refractivity contribution in [3.05, 3.63) is 23.5 Å². The quantitative estimate of drug-likeness (QED) is 0.907. The van der Waals surface area contributed by atoms with Gasteiger partial charge in [0.1, 0.15) is 0 Å². The molecule has 0 aromatic carbocycles. The van der Waals surface area contributed by atoms with Gasteiger partial charge < -0.3 is 14.8 Å². The van der Waals surface area contributed by atoms with Crippen molar-refractivity contribution in [2.45, 2.75) is 20.0 Å². The first-order valence-electron chi connectivity index (χ1n) is 5.95. The van der Waals surface area contributed by atoms with Gasteiger partial charge >= 0.3 is 12.0 Å². The summed E-state index contributed by atoms with van der Waals surface area (Å²) in [5.74, 6) is 0.780. The maximum atomic E-state index is 5.84. The summed E-state index contributed by atoms with van der Waals surface area (Å²) in [6.45, 7) is 3.76. The Morgan fingerprint density at radius 3 is 2.55 bits per heavy atom. The molecule has 0 unspecified atom stereocenters. The largest absolute Gasteiger partial charge is 0.461 e. The predicted octanol–water partition coefficient (Wildman–Crippen LogP) is 2.54. The van der Waals surface area contributed by atoms with Gasteiger partial charge in [0.2, 0.25) is 5.95 Å². The summed E-state index contributed by atoms with van der Waals surface area (Å²) < 4.78 is 10.9. The number of halogens is 1. The van der Waals surface area contributed by atoms with Crippen LogP contribution in [-0.2, 0) is 0 Å². The van der Waals surface area contributed by atoms with Crippen LogP contribution in [0.5, 0.6) is 17.8 Å². The first kappa shape index (κ1) is 14.3. The Morgan fingerprint density at radius 2 is 1.90 bits per heavy atom. The lowest BCUT2D eigenvalue weighted by molar-refractivity contribution is 0.218. The van der Waals surface area contributed by atoms with Crippen LogP contribution in [0.1, 0.15) is 13.8 Å². The number of aromatic nitrogens is 4. The summed E-state index contributed by atoms with van der Waals surface area (Å²) >= 11 is 5.84. The molecule has 2 heterocycles. The van der Waals surface area contributed by atoms with E-state index in [9.17, 15) is 0 Å². The second-order valence-corrected chi connectivity index (χ2v) is 4.52. The van der Waals surface area contributed by atoms with E-state index < -0.39 is 0 Å². The van der Waals surface area contributed by atoms with Crippen molar-refractivity contribution in [2.24, 2.45) is 0 Å². The molecule has 0 aliphatic carbocycles. The van der Waals surface area contributed by atoms with Gasteiger partial charge in [0, 0.05) is 19.3 Å². The minimum absolute atomic E-state index is 0.0530. The normalized spacial score (nSPS) is 10.4. The number of ether oxygens (including phenoxy) is 2. The third-order valence-corrected chi connectivity index (χ3v) is 2.25. The van der Waals surface area contributed by atoms with E-state index in [4.69, 9.17) is 21.1 Å². The van der Waals surface area contributed by atoms with Crippen LogP contribution >= 0.6 is 11.6 Å². The third kappa shape index (κ3) is 3.92. The lowest BCUT2D eigenvalue weighted by Crippen LogP contribution is -2.11. The van der Waals surface area contributed by atoms with E-state index in [0.717, 1.165) is 0 Å². The van der Waals surface area contributed by atoms with E-state index >= 15 is 0 Å². The second kappa shape index (κ2) is 6.33. The van der Waals surface area contributed by atoms with E-state index in [1.54, 1.807) is 13.1 Å². The molecule has 0 atom stereocenters. The smallest absolute Gasteiger partial charge is 0.330 e. The highest BCUT2D eigenvalue weighted by Crippen LogP contribution is 2.22. The molecule has 0 amide bonds. The van der Waals surface area contributed by atoms with Crippen LogP contribution < -0.4 is 14.8 Å². The summed E-state index contributed by atoms with van der Waals surface area (Å²) in [6.07, 6.45) is 2.97. The molecule has 2 aromatic heterocycles. The van der Waals surface area contributed by atoms with Gasteiger partial charge in [0.25, 0.3) is 0 Å². The molecule has 20 heavy (non-hydrogen) atoms. The summed E-state index contributed by atoms with van der Waals surface area (Å²) in [7, 11) is 1.69.